The van der Waals surface area contributed by atoms with Gasteiger partial charge in [-0.2, -0.15) is 5.26 Å². The average Bonchev–Trinajstić information content (AvgIpc) is 2.92. The number of methoxy groups -OCH3 is 1. The summed E-state index contributed by atoms with van der Waals surface area (Å²) < 4.78 is 5.36. The number of thiophene rings is 1. The number of hydrogen-bond donors (Lipinski definition) is 1. The Hall–Kier alpha value is -1.83. The van der Waals surface area contributed by atoms with E-state index >= 15 is 0 Å². The van der Waals surface area contributed by atoms with Gasteiger partial charge in [-0.05, 0) is 19.1 Å². The van der Waals surface area contributed by atoms with Crippen LogP contribution in [0.4, 0.5) is 0 Å². The lowest BCUT2D eigenvalue weighted by molar-refractivity contribution is 0.401. The van der Waals surface area contributed by atoms with Crippen molar-refractivity contribution in [2.75, 3.05) is 7.11 Å². The first-order chi connectivity index (χ1) is 9.24. The predicted molar refractivity (Wildman–Crippen MR) is 77.3 cm³/mol. The topological polar surface area (TPSA) is 45.0 Å². The molecule has 2 aromatic rings. The first-order valence-corrected chi connectivity index (χ1v) is 6.96. The molecule has 1 heterocycles. The average molecular weight is 272 g/mol. The van der Waals surface area contributed by atoms with Crippen molar-refractivity contribution >= 4 is 11.3 Å². The van der Waals surface area contributed by atoms with E-state index in [0.29, 0.717) is 0 Å². The standard InChI is InChI=1S/C15H16N2OS/c1-11(14-5-3-4-6-15(14)18-2)17-9-13-7-12(8-16)10-19-13/h3-7,10-11,17H,9H2,1-2H3/t11-/m0/s1. The molecule has 0 amide bonds. The Morgan fingerprint density at radius 2 is 2.21 bits per heavy atom. The van der Waals surface area contributed by atoms with Crippen LogP contribution in [0.15, 0.2) is 35.7 Å². The quantitative estimate of drug-likeness (QED) is 0.906. The van der Waals surface area contributed by atoms with Gasteiger partial charge in [-0.15, -0.1) is 11.3 Å². The minimum atomic E-state index is 0.198. The van der Waals surface area contributed by atoms with Gasteiger partial charge in [0.05, 0.1) is 12.7 Å². The number of para-hydroxylation sites is 1. The van der Waals surface area contributed by atoms with Crippen LogP contribution in [0, 0.1) is 11.3 Å². The molecule has 1 N–H and O–H groups in total. The van der Waals surface area contributed by atoms with Crippen molar-refractivity contribution in [3.63, 3.8) is 0 Å². The fourth-order valence-corrected chi connectivity index (χ4v) is 2.68. The third kappa shape index (κ3) is 3.34. The highest BCUT2D eigenvalue weighted by atomic mass is 32.1. The summed E-state index contributed by atoms with van der Waals surface area (Å²) in [7, 11) is 1.68. The number of rotatable bonds is 5. The number of hydrogen-bond acceptors (Lipinski definition) is 4. The molecule has 19 heavy (non-hydrogen) atoms. The minimum Gasteiger partial charge on any atom is -0.496 e. The fraction of sp³-hybridized carbons (Fsp3) is 0.267. The van der Waals surface area contributed by atoms with Gasteiger partial charge in [0.25, 0.3) is 0 Å². The first kappa shape index (κ1) is 13.6. The molecule has 1 aromatic heterocycles. The molecule has 0 aliphatic heterocycles. The molecule has 3 nitrogen and oxygen atoms in total. The minimum absolute atomic E-state index is 0.198. The SMILES string of the molecule is COc1ccccc1[C@H](C)NCc1cc(C#N)cs1. The van der Waals surface area contributed by atoms with Gasteiger partial charge < -0.3 is 10.1 Å². The molecule has 0 aliphatic rings. The van der Waals surface area contributed by atoms with Gasteiger partial charge in [-0.3, -0.25) is 0 Å². The monoisotopic (exact) mass is 272 g/mol. The normalized spacial score (nSPS) is 11.8. The molecule has 0 saturated heterocycles. The molecule has 1 aromatic carbocycles. The molecule has 0 unspecified atom stereocenters. The van der Waals surface area contributed by atoms with Crippen molar-refractivity contribution in [1.82, 2.24) is 5.32 Å². The lowest BCUT2D eigenvalue weighted by atomic mass is 10.1. The molecular formula is C15H16N2OS. The highest BCUT2D eigenvalue weighted by molar-refractivity contribution is 7.10. The predicted octanol–water partition coefficient (Wildman–Crippen LogP) is 3.48. The van der Waals surface area contributed by atoms with Crippen LogP contribution in [-0.2, 0) is 6.54 Å². The van der Waals surface area contributed by atoms with Crippen molar-refractivity contribution in [2.45, 2.75) is 19.5 Å². The summed E-state index contributed by atoms with van der Waals surface area (Å²) >= 11 is 1.61. The van der Waals surface area contributed by atoms with E-state index in [2.05, 4.69) is 24.4 Å². The van der Waals surface area contributed by atoms with E-state index in [4.69, 9.17) is 10.00 Å². The fourth-order valence-electron chi connectivity index (χ4n) is 1.92. The van der Waals surface area contributed by atoms with Crippen LogP contribution in [0.1, 0.15) is 29.0 Å². The van der Waals surface area contributed by atoms with Gasteiger partial charge in [-0.1, -0.05) is 18.2 Å². The zero-order valence-corrected chi connectivity index (χ0v) is 11.8. The maximum Gasteiger partial charge on any atom is 0.123 e. The summed E-state index contributed by atoms with van der Waals surface area (Å²) in [5.74, 6) is 0.895. The van der Waals surface area contributed by atoms with Crippen molar-refractivity contribution in [3.8, 4) is 11.8 Å². The number of nitriles is 1. The van der Waals surface area contributed by atoms with Crippen LogP contribution in [0.5, 0.6) is 5.75 Å². The number of nitrogens with one attached hydrogen (secondary N) is 1. The molecule has 4 heteroatoms. The van der Waals surface area contributed by atoms with Crippen LogP contribution >= 0.6 is 11.3 Å². The van der Waals surface area contributed by atoms with E-state index < -0.39 is 0 Å². The molecule has 2 rings (SSSR count). The first-order valence-electron chi connectivity index (χ1n) is 6.08. The van der Waals surface area contributed by atoms with E-state index in [9.17, 15) is 0 Å². The Balaban J connectivity index is 2.01. The van der Waals surface area contributed by atoms with E-state index in [1.54, 1.807) is 18.4 Å². The van der Waals surface area contributed by atoms with Crippen LogP contribution < -0.4 is 10.1 Å². The van der Waals surface area contributed by atoms with Crippen molar-refractivity contribution in [1.29, 1.82) is 5.26 Å². The molecule has 0 fully saturated rings. The Morgan fingerprint density at radius 1 is 1.42 bits per heavy atom. The third-order valence-corrected chi connectivity index (χ3v) is 3.91. The van der Waals surface area contributed by atoms with E-state index in [1.807, 2.05) is 29.6 Å². The second-order valence-corrected chi connectivity index (χ2v) is 5.25. The molecule has 0 aliphatic carbocycles. The highest BCUT2D eigenvalue weighted by Crippen LogP contribution is 2.25. The lowest BCUT2D eigenvalue weighted by Crippen LogP contribution is -2.18. The molecule has 0 radical (unpaired) electrons. The summed E-state index contributed by atoms with van der Waals surface area (Å²) in [6.07, 6.45) is 0. The van der Waals surface area contributed by atoms with Gasteiger partial charge in [0, 0.05) is 28.4 Å². The van der Waals surface area contributed by atoms with Gasteiger partial charge in [0.15, 0.2) is 0 Å². The van der Waals surface area contributed by atoms with Crippen LogP contribution in [0.3, 0.4) is 0 Å². The van der Waals surface area contributed by atoms with E-state index in [-0.39, 0.29) is 6.04 Å². The molecule has 0 bridgehead atoms. The highest BCUT2D eigenvalue weighted by Gasteiger charge is 2.10. The van der Waals surface area contributed by atoms with Gasteiger partial charge >= 0.3 is 0 Å². The van der Waals surface area contributed by atoms with Crippen molar-refractivity contribution < 1.29 is 4.74 Å². The Labute approximate surface area is 117 Å². The molecule has 0 spiro atoms. The zero-order valence-electron chi connectivity index (χ0n) is 11.0. The Bertz CT molecular complexity index is 586. The van der Waals surface area contributed by atoms with Crippen LogP contribution in [-0.4, -0.2) is 7.11 Å². The third-order valence-electron chi connectivity index (χ3n) is 2.97. The summed E-state index contributed by atoms with van der Waals surface area (Å²) in [5.41, 5.74) is 1.87. The lowest BCUT2D eigenvalue weighted by Gasteiger charge is -2.16. The number of nitrogens with zero attached hydrogens (tertiary/aromatic N) is 1. The second-order valence-electron chi connectivity index (χ2n) is 4.26. The van der Waals surface area contributed by atoms with Crippen molar-refractivity contribution in [2.24, 2.45) is 0 Å². The summed E-state index contributed by atoms with van der Waals surface area (Å²) in [5, 5.41) is 14.1. The van der Waals surface area contributed by atoms with E-state index in [1.165, 1.54) is 4.88 Å². The van der Waals surface area contributed by atoms with Crippen molar-refractivity contribution in [3.05, 3.63) is 51.7 Å². The van der Waals surface area contributed by atoms with Crippen LogP contribution in [0.25, 0.3) is 0 Å². The Morgan fingerprint density at radius 3 is 2.89 bits per heavy atom. The largest absolute Gasteiger partial charge is 0.496 e. The van der Waals surface area contributed by atoms with Gasteiger partial charge in [0.2, 0.25) is 0 Å². The number of benzene rings is 1. The molecule has 0 saturated carbocycles. The maximum absolute atomic E-state index is 8.79. The van der Waals surface area contributed by atoms with E-state index in [0.717, 1.165) is 23.4 Å². The molecular weight excluding hydrogens is 256 g/mol. The summed E-state index contributed by atoms with van der Waals surface area (Å²) in [6.45, 7) is 2.86. The Kier molecular flexibility index (Phi) is 4.56. The smallest absolute Gasteiger partial charge is 0.123 e. The summed E-state index contributed by atoms with van der Waals surface area (Å²) in [6, 6.07) is 12.3. The zero-order chi connectivity index (χ0) is 13.7. The second kappa shape index (κ2) is 6.37. The van der Waals surface area contributed by atoms with Gasteiger partial charge in [0.1, 0.15) is 11.8 Å². The molecule has 1 atom stereocenters. The van der Waals surface area contributed by atoms with Crippen LogP contribution in [0.2, 0.25) is 0 Å². The number of ether oxygens (including phenoxy) is 1. The summed E-state index contributed by atoms with van der Waals surface area (Å²) in [4.78, 5) is 1.17. The van der Waals surface area contributed by atoms with Gasteiger partial charge in [-0.25, -0.2) is 0 Å². The molecule has 98 valence electrons. The maximum atomic E-state index is 8.79.